The molecule has 2 nitrogen and oxygen atoms in total. The Morgan fingerprint density at radius 1 is 1.64 bits per heavy atom. The molecule has 0 aromatic heterocycles. The Hall–Kier alpha value is 0.210. The molecular formula is C8H16ClNO. The van der Waals surface area contributed by atoms with Crippen molar-refractivity contribution in [2.45, 2.75) is 31.4 Å². The zero-order chi connectivity index (χ0) is 8.27. The summed E-state index contributed by atoms with van der Waals surface area (Å²) in [6.07, 6.45) is 3.55. The van der Waals surface area contributed by atoms with Crippen molar-refractivity contribution in [2.24, 2.45) is 0 Å². The average molecular weight is 178 g/mol. The molecule has 0 aromatic carbocycles. The van der Waals surface area contributed by atoms with Crippen molar-refractivity contribution >= 4 is 11.6 Å². The van der Waals surface area contributed by atoms with E-state index in [0.717, 1.165) is 0 Å². The molecular weight excluding hydrogens is 162 g/mol. The maximum Gasteiger partial charge on any atom is 0.0802 e. The van der Waals surface area contributed by atoms with Gasteiger partial charge >= 0.3 is 0 Å². The molecule has 1 rings (SSSR count). The van der Waals surface area contributed by atoms with E-state index in [0.29, 0.717) is 18.5 Å². The summed E-state index contributed by atoms with van der Waals surface area (Å²) in [5, 5.41) is 9.22. The maximum absolute atomic E-state index is 9.22. The number of aliphatic hydroxyl groups is 1. The standard InChI is InChI=1S/C8H16ClNO/c1-10(6-8(11)5-9)7-3-2-4-7/h7-8,11H,2-6H2,1H3. The SMILES string of the molecule is CN(CC(O)CCl)C1CCC1. The highest BCUT2D eigenvalue weighted by Crippen LogP contribution is 2.23. The predicted molar refractivity (Wildman–Crippen MR) is 47.0 cm³/mol. The van der Waals surface area contributed by atoms with Gasteiger partial charge in [-0.25, -0.2) is 0 Å². The van der Waals surface area contributed by atoms with Crippen molar-refractivity contribution in [3.63, 3.8) is 0 Å². The second kappa shape index (κ2) is 4.29. The van der Waals surface area contributed by atoms with Crippen LogP contribution in [0.1, 0.15) is 19.3 Å². The lowest BCUT2D eigenvalue weighted by molar-refractivity contribution is 0.0890. The Balaban J connectivity index is 2.13. The first-order valence-electron chi connectivity index (χ1n) is 4.18. The predicted octanol–water partition coefficient (Wildman–Crippen LogP) is 1.07. The van der Waals surface area contributed by atoms with E-state index in [-0.39, 0.29) is 6.10 Å². The molecule has 1 aliphatic rings. The van der Waals surface area contributed by atoms with Crippen LogP contribution in [0, 0.1) is 0 Å². The van der Waals surface area contributed by atoms with Gasteiger partial charge in [0.1, 0.15) is 0 Å². The van der Waals surface area contributed by atoms with E-state index in [9.17, 15) is 5.11 Å². The summed E-state index contributed by atoms with van der Waals surface area (Å²) in [4.78, 5) is 2.20. The number of nitrogens with zero attached hydrogens (tertiary/aromatic N) is 1. The summed E-state index contributed by atoms with van der Waals surface area (Å²) in [7, 11) is 2.06. The molecule has 0 saturated heterocycles. The van der Waals surface area contributed by atoms with E-state index in [1.807, 2.05) is 0 Å². The van der Waals surface area contributed by atoms with Crippen LogP contribution < -0.4 is 0 Å². The molecule has 1 saturated carbocycles. The molecule has 1 aliphatic carbocycles. The monoisotopic (exact) mass is 177 g/mol. The first-order chi connectivity index (χ1) is 5.24. The molecule has 0 heterocycles. The highest BCUT2D eigenvalue weighted by molar-refractivity contribution is 6.18. The van der Waals surface area contributed by atoms with Gasteiger partial charge in [0, 0.05) is 18.5 Å². The van der Waals surface area contributed by atoms with Gasteiger partial charge in [0.15, 0.2) is 0 Å². The third kappa shape index (κ3) is 2.62. The van der Waals surface area contributed by atoms with Crippen molar-refractivity contribution in [3.8, 4) is 0 Å². The quantitative estimate of drug-likeness (QED) is 0.650. The summed E-state index contributed by atoms with van der Waals surface area (Å²) in [5.74, 6) is 0.344. The van der Waals surface area contributed by atoms with Gasteiger partial charge in [-0.3, -0.25) is 0 Å². The van der Waals surface area contributed by atoms with Gasteiger partial charge in [-0.1, -0.05) is 6.42 Å². The van der Waals surface area contributed by atoms with Crippen LogP contribution in [0.5, 0.6) is 0 Å². The van der Waals surface area contributed by atoms with Gasteiger partial charge in [0.2, 0.25) is 0 Å². The number of halogens is 1. The molecule has 1 N–H and O–H groups in total. The highest BCUT2D eigenvalue weighted by atomic mass is 35.5. The summed E-state index contributed by atoms with van der Waals surface area (Å²) in [6.45, 7) is 0.716. The van der Waals surface area contributed by atoms with Crippen molar-refractivity contribution in [2.75, 3.05) is 19.5 Å². The molecule has 3 heteroatoms. The topological polar surface area (TPSA) is 23.5 Å². The number of rotatable bonds is 4. The summed E-state index contributed by atoms with van der Waals surface area (Å²) >= 11 is 5.49. The van der Waals surface area contributed by atoms with Crippen molar-refractivity contribution in [1.82, 2.24) is 4.90 Å². The van der Waals surface area contributed by atoms with E-state index in [1.54, 1.807) is 0 Å². The van der Waals surface area contributed by atoms with E-state index >= 15 is 0 Å². The number of likely N-dealkylation sites (N-methyl/N-ethyl adjacent to an activating group) is 1. The van der Waals surface area contributed by atoms with Crippen LogP contribution in [0.4, 0.5) is 0 Å². The Labute approximate surface area is 73.1 Å². The zero-order valence-electron chi connectivity index (χ0n) is 6.96. The first kappa shape index (κ1) is 9.30. The molecule has 1 unspecified atom stereocenters. The van der Waals surface area contributed by atoms with Crippen LogP contribution in [0.3, 0.4) is 0 Å². The van der Waals surface area contributed by atoms with Crippen molar-refractivity contribution < 1.29 is 5.11 Å². The fraction of sp³-hybridized carbons (Fsp3) is 1.00. The first-order valence-corrected chi connectivity index (χ1v) is 4.71. The molecule has 0 spiro atoms. The maximum atomic E-state index is 9.22. The van der Waals surface area contributed by atoms with Gasteiger partial charge in [0.05, 0.1) is 6.10 Å². The van der Waals surface area contributed by atoms with Crippen LogP contribution >= 0.6 is 11.6 Å². The Bertz CT molecular complexity index is 117. The summed E-state index contributed by atoms with van der Waals surface area (Å²) < 4.78 is 0. The molecule has 0 aromatic rings. The summed E-state index contributed by atoms with van der Waals surface area (Å²) in [6, 6.07) is 0.702. The molecule has 0 amide bonds. The van der Waals surface area contributed by atoms with E-state index in [4.69, 9.17) is 11.6 Å². The Kier molecular flexibility index (Phi) is 3.63. The fourth-order valence-corrected chi connectivity index (χ4v) is 1.46. The minimum Gasteiger partial charge on any atom is -0.391 e. The van der Waals surface area contributed by atoms with Gasteiger partial charge in [-0.15, -0.1) is 11.6 Å². The van der Waals surface area contributed by atoms with Crippen molar-refractivity contribution in [3.05, 3.63) is 0 Å². The molecule has 0 aliphatic heterocycles. The van der Waals surface area contributed by atoms with Gasteiger partial charge in [-0.05, 0) is 19.9 Å². The van der Waals surface area contributed by atoms with E-state index < -0.39 is 0 Å². The largest absolute Gasteiger partial charge is 0.391 e. The Morgan fingerprint density at radius 3 is 2.64 bits per heavy atom. The molecule has 11 heavy (non-hydrogen) atoms. The number of hydrogen-bond acceptors (Lipinski definition) is 2. The third-order valence-corrected chi connectivity index (χ3v) is 2.73. The lowest BCUT2D eigenvalue weighted by Gasteiger charge is -2.35. The van der Waals surface area contributed by atoms with Gasteiger partial charge in [0.25, 0.3) is 0 Å². The lowest BCUT2D eigenvalue weighted by atomic mass is 9.92. The van der Waals surface area contributed by atoms with Crippen LogP contribution in [-0.4, -0.2) is 41.6 Å². The zero-order valence-corrected chi connectivity index (χ0v) is 7.72. The van der Waals surface area contributed by atoms with Crippen LogP contribution in [0.15, 0.2) is 0 Å². The van der Waals surface area contributed by atoms with Gasteiger partial charge in [-0.2, -0.15) is 0 Å². The molecule has 1 fully saturated rings. The second-order valence-corrected chi connectivity index (χ2v) is 3.64. The third-order valence-electron chi connectivity index (χ3n) is 2.37. The highest BCUT2D eigenvalue weighted by Gasteiger charge is 2.22. The average Bonchev–Trinajstić information content (AvgIpc) is 1.83. The number of aliphatic hydroxyl groups excluding tert-OH is 1. The van der Waals surface area contributed by atoms with Gasteiger partial charge < -0.3 is 10.0 Å². The molecule has 1 atom stereocenters. The van der Waals surface area contributed by atoms with Crippen LogP contribution in [0.2, 0.25) is 0 Å². The lowest BCUT2D eigenvalue weighted by Crippen LogP contribution is -2.41. The molecule has 0 bridgehead atoms. The number of alkyl halides is 1. The minimum absolute atomic E-state index is 0.344. The second-order valence-electron chi connectivity index (χ2n) is 3.33. The van der Waals surface area contributed by atoms with E-state index in [2.05, 4.69) is 11.9 Å². The molecule has 66 valence electrons. The van der Waals surface area contributed by atoms with Crippen LogP contribution in [0.25, 0.3) is 0 Å². The smallest absolute Gasteiger partial charge is 0.0802 e. The fourth-order valence-electron chi connectivity index (χ4n) is 1.36. The van der Waals surface area contributed by atoms with Crippen molar-refractivity contribution in [1.29, 1.82) is 0 Å². The normalized spacial score (nSPS) is 21.8. The van der Waals surface area contributed by atoms with E-state index in [1.165, 1.54) is 19.3 Å². The van der Waals surface area contributed by atoms with Crippen LogP contribution in [-0.2, 0) is 0 Å². The minimum atomic E-state index is -0.359. The molecule has 0 radical (unpaired) electrons. The summed E-state index contributed by atoms with van der Waals surface area (Å²) in [5.41, 5.74) is 0. The Morgan fingerprint density at radius 2 is 2.27 bits per heavy atom. The number of hydrogen-bond donors (Lipinski definition) is 1.